The molecule has 0 atom stereocenters. The molecule has 0 aromatic heterocycles. The summed E-state index contributed by atoms with van der Waals surface area (Å²) in [6, 6.07) is 7.52. The number of amides is 1. The van der Waals surface area contributed by atoms with Crippen LogP contribution in [0.3, 0.4) is 0 Å². The molecular weight excluding hydrogens is 218 g/mol. The van der Waals surface area contributed by atoms with Gasteiger partial charge in [-0.2, -0.15) is 0 Å². The van der Waals surface area contributed by atoms with Gasteiger partial charge in [-0.25, -0.2) is 0 Å². The lowest BCUT2D eigenvalue weighted by atomic mass is 10.1. The summed E-state index contributed by atoms with van der Waals surface area (Å²) in [6.07, 6.45) is -0.395. The average Bonchev–Trinajstić information content (AvgIpc) is 2.35. The first-order chi connectivity index (χ1) is 8.10. The summed E-state index contributed by atoms with van der Waals surface area (Å²) < 4.78 is 10.1. The third-order valence-electron chi connectivity index (χ3n) is 2.67. The first-order valence-electron chi connectivity index (χ1n) is 5.46. The molecule has 0 aliphatic rings. The summed E-state index contributed by atoms with van der Waals surface area (Å²) >= 11 is 0. The Kier molecular flexibility index (Phi) is 5.12. The van der Waals surface area contributed by atoms with Crippen molar-refractivity contribution in [2.24, 2.45) is 0 Å². The van der Waals surface area contributed by atoms with Gasteiger partial charge in [-0.3, -0.25) is 4.79 Å². The summed E-state index contributed by atoms with van der Waals surface area (Å²) in [5.41, 5.74) is 1.68. The van der Waals surface area contributed by atoms with Crippen molar-refractivity contribution < 1.29 is 14.3 Å². The van der Waals surface area contributed by atoms with Crippen LogP contribution in [0, 0.1) is 6.92 Å². The van der Waals surface area contributed by atoms with E-state index in [4.69, 9.17) is 9.47 Å². The molecule has 0 heterocycles. The molecule has 0 unspecified atom stereocenters. The van der Waals surface area contributed by atoms with Gasteiger partial charge in [0.15, 0.2) is 6.29 Å². The highest BCUT2D eigenvalue weighted by Gasteiger charge is 2.17. The lowest BCUT2D eigenvalue weighted by molar-refractivity contribution is -0.110. The smallest absolute Gasteiger partial charge is 0.254 e. The number of ether oxygens (including phenoxy) is 2. The summed E-state index contributed by atoms with van der Waals surface area (Å²) in [6.45, 7) is 2.32. The van der Waals surface area contributed by atoms with Crippen LogP contribution in [0.4, 0.5) is 0 Å². The number of hydrogen-bond donors (Lipinski definition) is 0. The zero-order valence-corrected chi connectivity index (χ0v) is 10.8. The molecule has 0 bridgehead atoms. The van der Waals surface area contributed by atoms with E-state index < -0.39 is 6.29 Å². The highest BCUT2D eigenvalue weighted by Crippen LogP contribution is 2.10. The number of carbonyl (C=O) groups excluding carboxylic acids is 1. The van der Waals surface area contributed by atoms with E-state index in [-0.39, 0.29) is 5.91 Å². The van der Waals surface area contributed by atoms with Crippen molar-refractivity contribution in [3.63, 3.8) is 0 Å². The maximum Gasteiger partial charge on any atom is 0.254 e. The third kappa shape index (κ3) is 3.54. The molecule has 0 saturated heterocycles. The van der Waals surface area contributed by atoms with Crippen molar-refractivity contribution >= 4 is 5.91 Å². The van der Waals surface area contributed by atoms with E-state index in [0.717, 1.165) is 5.56 Å². The highest BCUT2D eigenvalue weighted by molar-refractivity contribution is 5.95. The Morgan fingerprint density at radius 1 is 1.29 bits per heavy atom. The normalized spacial score (nSPS) is 10.6. The molecule has 0 fully saturated rings. The van der Waals surface area contributed by atoms with Crippen LogP contribution < -0.4 is 0 Å². The van der Waals surface area contributed by atoms with Crippen molar-refractivity contribution in [2.45, 2.75) is 13.2 Å². The Morgan fingerprint density at radius 2 is 1.88 bits per heavy atom. The molecule has 94 valence electrons. The second-order valence-electron chi connectivity index (χ2n) is 3.90. The minimum Gasteiger partial charge on any atom is -0.354 e. The van der Waals surface area contributed by atoms with Crippen LogP contribution in [0.15, 0.2) is 24.3 Å². The van der Waals surface area contributed by atoms with E-state index in [0.29, 0.717) is 12.1 Å². The topological polar surface area (TPSA) is 38.8 Å². The van der Waals surface area contributed by atoms with Crippen LogP contribution in [-0.2, 0) is 9.47 Å². The van der Waals surface area contributed by atoms with Crippen LogP contribution in [0.2, 0.25) is 0 Å². The third-order valence-corrected chi connectivity index (χ3v) is 2.67. The van der Waals surface area contributed by atoms with Gasteiger partial charge >= 0.3 is 0 Å². The Morgan fingerprint density at radius 3 is 2.41 bits per heavy atom. The largest absolute Gasteiger partial charge is 0.354 e. The fourth-order valence-electron chi connectivity index (χ4n) is 1.57. The maximum atomic E-state index is 12.1. The van der Waals surface area contributed by atoms with Gasteiger partial charge in [-0.05, 0) is 18.6 Å². The summed E-state index contributed by atoms with van der Waals surface area (Å²) in [4.78, 5) is 13.7. The Labute approximate surface area is 102 Å². The first-order valence-corrected chi connectivity index (χ1v) is 5.46. The number of benzene rings is 1. The Hall–Kier alpha value is -1.39. The summed E-state index contributed by atoms with van der Waals surface area (Å²) in [5.74, 6) is -0.0257. The summed E-state index contributed by atoms with van der Waals surface area (Å²) in [5, 5.41) is 0. The molecule has 1 aromatic rings. The number of nitrogens with zero attached hydrogens (tertiary/aromatic N) is 1. The van der Waals surface area contributed by atoms with Crippen molar-refractivity contribution in [3.05, 3.63) is 35.4 Å². The zero-order valence-electron chi connectivity index (χ0n) is 10.8. The van der Waals surface area contributed by atoms with Gasteiger partial charge in [0.25, 0.3) is 5.91 Å². The maximum absolute atomic E-state index is 12.1. The van der Waals surface area contributed by atoms with Gasteiger partial charge in [0.2, 0.25) is 0 Å². The van der Waals surface area contributed by atoms with Gasteiger partial charge in [0, 0.05) is 26.8 Å². The fraction of sp³-hybridized carbons (Fsp3) is 0.462. The molecule has 0 spiro atoms. The van der Waals surface area contributed by atoms with Gasteiger partial charge in [-0.1, -0.05) is 18.2 Å². The van der Waals surface area contributed by atoms with Crippen LogP contribution in [0.25, 0.3) is 0 Å². The Balaban J connectivity index is 2.73. The van der Waals surface area contributed by atoms with Crippen LogP contribution in [-0.4, -0.2) is 44.9 Å². The molecule has 0 aliphatic carbocycles. The predicted octanol–water partition coefficient (Wildman–Crippen LogP) is 1.69. The Bertz CT molecular complexity index is 375. The van der Waals surface area contributed by atoms with Crippen LogP contribution >= 0.6 is 0 Å². The van der Waals surface area contributed by atoms with Crippen molar-refractivity contribution in [2.75, 3.05) is 27.8 Å². The standard InChI is InChI=1S/C13H19NO3/c1-10-7-5-6-8-11(10)13(15)14(2)9-12(16-3)17-4/h5-8,12H,9H2,1-4H3. The van der Waals surface area contributed by atoms with Gasteiger partial charge in [-0.15, -0.1) is 0 Å². The van der Waals surface area contributed by atoms with E-state index in [1.54, 1.807) is 26.2 Å². The van der Waals surface area contributed by atoms with Crippen LogP contribution in [0.1, 0.15) is 15.9 Å². The monoisotopic (exact) mass is 237 g/mol. The van der Waals surface area contributed by atoms with E-state index in [9.17, 15) is 4.79 Å². The molecule has 4 heteroatoms. The van der Waals surface area contributed by atoms with E-state index in [1.165, 1.54) is 0 Å². The molecule has 0 saturated carbocycles. The van der Waals surface area contributed by atoms with Crippen LogP contribution in [0.5, 0.6) is 0 Å². The SMILES string of the molecule is COC(CN(C)C(=O)c1ccccc1C)OC. The summed E-state index contributed by atoms with van der Waals surface area (Å²) in [7, 11) is 4.85. The fourth-order valence-corrected chi connectivity index (χ4v) is 1.57. The van der Waals surface area contributed by atoms with Gasteiger partial charge in [0.1, 0.15) is 0 Å². The second-order valence-corrected chi connectivity index (χ2v) is 3.90. The second kappa shape index (κ2) is 6.37. The van der Waals surface area contributed by atoms with Crippen molar-refractivity contribution in [3.8, 4) is 0 Å². The molecular formula is C13H19NO3. The minimum atomic E-state index is -0.395. The van der Waals surface area contributed by atoms with Crippen molar-refractivity contribution in [1.29, 1.82) is 0 Å². The van der Waals surface area contributed by atoms with E-state index >= 15 is 0 Å². The van der Waals surface area contributed by atoms with E-state index in [1.807, 2.05) is 31.2 Å². The number of carbonyl (C=O) groups is 1. The van der Waals surface area contributed by atoms with Gasteiger partial charge in [0.05, 0.1) is 6.54 Å². The molecule has 1 rings (SSSR count). The lowest BCUT2D eigenvalue weighted by Crippen LogP contribution is -2.36. The number of likely N-dealkylation sites (N-methyl/N-ethyl adjacent to an activating group) is 1. The van der Waals surface area contributed by atoms with Crippen molar-refractivity contribution in [1.82, 2.24) is 4.90 Å². The quantitative estimate of drug-likeness (QED) is 0.731. The molecule has 1 amide bonds. The average molecular weight is 237 g/mol. The number of aryl methyl sites for hydroxylation is 1. The number of methoxy groups -OCH3 is 2. The molecule has 1 aromatic carbocycles. The number of rotatable bonds is 5. The predicted molar refractivity (Wildman–Crippen MR) is 65.9 cm³/mol. The zero-order chi connectivity index (χ0) is 12.8. The first kappa shape index (κ1) is 13.7. The van der Waals surface area contributed by atoms with E-state index in [2.05, 4.69) is 0 Å². The number of hydrogen-bond acceptors (Lipinski definition) is 3. The molecule has 17 heavy (non-hydrogen) atoms. The minimum absolute atomic E-state index is 0.0257. The van der Waals surface area contributed by atoms with Gasteiger partial charge < -0.3 is 14.4 Å². The molecule has 0 aliphatic heterocycles. The lowest BCUT2D eigenvalue weighted by Gasteiger charge is -2.22. The molecule has 4 nitrogen and oxygen atoms in total. The molecule has 0 N–H and O–H groups in total. The molecule has 0 radical (unpaired) electrons. The highest BCUT2D eigenvalue weighted by atomic mass is 16.7.